The third-order valence-corrected chi connectivity index (χ3v) is 2.00. The zero-order chi connectivity index (χ0) is 12.3. The van der Waals surface area contributed by atoms with E-state index in [4.69, 9.17) is 11.6 Å². The summed E-state index contributed by atoms with van der Waals surface area (Å²) in [6, 6.07) is 0. The van der Waals surface area contributed by atoms with E-state index in [-0.39, 0.29) is 18.7 Å². The molecule has 0 bridgehead atoms. The number of H-pyrrole nitrogens is 1. The second-order valence-electron chi connectivity index (χ2n) is 3.09. The lowest BCUT2D eigenvalue weighted by Gasteiger charge is -2.05. The van der Waals surface area contributed by atoms with Gasteiger partial charge in [-0.3, -0.25) is 4.79 Å². The van der Waals surface area contributed by atoms with E-state index in [9.17, 15) is 22.4 Å². The Labute approximate surface area is 92.5 Å². The van der Waals surface area contributed by atoms with Crippen LogP contribution in [-0.2, 0) is 6.42 Å². The van der Waals surface area contributed by atoms with E-state index in [0.717, 1.165) is 0 Å². The summed E-state index contributed by atoms with van der Waals surface area (Å²) in [5, 5.41) is -0.634. The molecule has 0 fully saturated rings. The first-order chi connectivity index (χ1) is 7.29. The monoisotopic (exact) mass is 258 g/mol. The molecule has 0 unspecified atom stereocenters. The molecule has 1 aromatic rings. The molecule has 1 heterocycles. The molecule has 0 spiro atoms. The van der Waals surface area contributed by atoms with Gasteiger partial charge in [0.1, 0.15) is 5.82 Å². The maximum atomic E-state index is 12.7. The molecule has 0 amide bonds. The summed E-state index contributed by atoms with van der Waals surface area (Å²) in [6.45, 7) is 0. The number of nitrogens with one attached hydrogen (secondary N) is 1. The van der Waals surface area contributed by atoms with E-state index in [1.54, 1.807) is 0 Å². The standard InChI is InChI=1S/C8H7ClF4N2O/c9-6-5(10)7(16)15-4(14-6)2-1-3-8(11,12)13/h1-3H2,(H,14,15,16). The molecule has 8 heteroatoms. The number of aromatic amines is 1. The summed E-state index contributed by atoms with van der Waals surface area (Å²) in [6.07, 6.45) is -5.61. The summed E-state index contributed by atoms with van der Waals surface area (Å²) in [5.74, 6) is -1.29. The normalized spacial score (nSPS) is 11.8. The number of halogens is 5. The van der Waals surface area contributed by atoms with Crippen LogP contribution in [0.2, 0.25) is 5.15 Å². The van der Waals surface area contributed by atoms with Crippen molar-refractivity contribution < 1.29 is 17.6 Å². The predicted octanol–water partition coefficient (Wildman–Crippen LogP) is 2.45. The van der Waals surface area contributed by atoms with Crippen LogP contribution in [-0.4, -0.2) is 16.1 Å². The van der Waals surface area contributed by atoms with Crippen LogP contribution in [0.4, 0.5) is 17.6 Å². The maximum absolute atomic E-state index is 12.7. The van der Waals surface area contributed by atoms with Crippen molar-refractivity contribution in [1.82, 2.24) is 9.97 Å². The summed E-state index contributed by atoms with van der Waals surface area (Å²) in [4.78, 5) is 16.3. The Bertz CT molecular complexity index is 429. The first-order valence-corrected chi connectivity index (χ1v) is 4.68. The lowest BCUT2D eigenvalue weighted by molar-refractivity contribution is -0.135. The number of aryl methyl sites for hydroxylation is 1. The first kappa shape index (κ1) is 13.0. The average Bonchev–Trinajstić information content (AvgIpc) is 2.12. The van der Waals surface area contributed by atoms with Crippen LogP contribution < -0.4 is 5.56 Å². The third kappa shape index (κ3) is 3.80. The Morgan fingerprint density at radius 3 is 2.50 bits per heavy atom. The highest BCUT2D eigenvalue weighted by Gasteiger charge is 2.26. The van der Waals surface area contributed by atoms with Crippen LogP contribution in [0.5, 0.6) is 0 Å². The molecule has 0 saturated carbocycles. The molecule has 90 valence electrons. The van der Waals surface area contributed by atoms with Crippen LogP contribution >= 0.6 is 11.6 Å². The van der Waals surface area contributed by atoms with Crippen molar-refractivity contribution in [3.05, 3.63) is 27.1 Å². The number of rotatable bonds is 3. The van der Waals surface area contributed by atoms with Crippen molar-refractivity contribution in [3.8, 4) is 0 Å². The van der Waals surface area contributed by atoms with Crippen LogP contribution in [0.1, 0.15) is 18.7 Å². The molecule has 0 radical (unpaired) electrons. The van der Waals surface area contributed by atoms with Crippen molar-refractivity contribution in [1.29, 1.82) is 0 Å². The Morgan fingerprint density at radius 2 is 2.00 bits per heavy atom. The minimum absolute atomic E-state index is 0.0550. The fourth-order valence-electron chi connectivity index (χ4n) is 1.05. The number of alkyl halides is 3. The van der Waals surface area contributed by atoms with Gasteiger partial charge in [0.2, 0.25) is 5.82 Å². The molecule has 0 saturated heterocycles. The van der Waals surface area contributed by atoms with Crippen LogP contribution in [0, 0.1) is 5.82 Å². The van der Waals surface area contributed by atoms with Crippen molar-refractivity contribution in [2.45, 2.75) is 25.4 Å². The van der Waals surface area contributed by atoms with Crippen molar-refractivity contribution in [2.75, 3.05) is 0 Å². The van der Waals surface area contributed by atoms with Crippen LogP contribution in [0.3, 0.4) is 0 Å². The highest BCUT2D eigenvalue weighted by molar-refractivity contribution is 6.29. The van der Waals surface area contributed by atoms with Gasteiger partial charge < -0.3 is 4.98 Å². The maximum Gasteiger partial charge on any atom is 0.389 e. The number of hydrogen-bond donors (Lipinski definition) is 1. The molecule has 0 aliphatic rings. The van der Waals surface area contributed by atoms with Gasteiger partial charge in [-0.1, -0.05) is 11.6 Å². The van der Waals surface area contributed by atoms with Crippen molar-refractivity contribution >= 4 is 11.6 Å². The van der Waals surface area contributed by atoms with Gasteiger partial charge in [0, 0.05) is 12.8 Å². The summed E-state index contributed by atoms with van der Waals surface area (Å²) < 4.78 is 48.1. The van der Waals surface area contributed by atoms with E-state index in [1.807, 2.05) is 4.98 Å². The first-order valence-electron chi connectivity index (χ1n) is 4.30. The largest absolute Gasteiger partial charge is 0.389 e. The van der Waals surface area contributed by atoms with E-state index >= 15 is 0 Å². The molecular weight excluding hydrogens is 252 g/mol. The van der Waals surface area contributed by atoms with Gasteiger partial charge in [-0.25, -0.2) is 4.98 Å². The number of aromatic nitrogens is 2. The van der Waals surface area contributed by atoms with E-state index < -0.39 is 29.1 Å². The van der Waals surface area contributed by atoms with Gasteiger partial charge in [0.25, 0.3) is 5.56 Å². The lowest BCUT2D eigenvalue weighted by Crippen LogP contribution is -2.16. The molecule has 0 aliphatic carbocycles. The SMILES string of the molecule is O=c1[nH]c(CCCC(F)(F)F)nc(Cl)c1F. The fourth-order valence-corrected chi connectivity index (χ4v) is 1.24. The Kier molecular flexibility index (Phi) is 3.90. The quantitative estimate of drug-likeness (QED) is 0.669. The van der Waals surface area contributed by atoms with Gasteiger partial charge in [-0.2, -0.15) is 17.6 Å². The fraction of sp³-hybridized carbons (Fsp3) is 0.500. The van der Waals surface area contributed by atoms with Crippen molar-refractivity contribution in [3.63, 3.8) is 0 Å². The molecule has 0 aliphatic heterocycles. The molecule has 16 heavy (non-hydrogen) atoms. The topological polar surface area (TPSA) is 45.8 Å². The Hall–Kier alpha value is -1.11. The van der Waals surface area contributed by atoms with E-state index in [1.165, 1.54) is 0 Å². The summed E-state index contributed by atoms with van der Waals surface area (Å²) in [7, 11) is 0. The highest BCUT2D eigenvalue weighted by Crippen LogP contribution is 2.22. The second-order valence-corrected chi connectivity index (χ2v) is 3.44. The second kappa shape index (κ2) is 4.82. The Balaban J connectivity index is 2.66. The molecule has 1 aromatic heterocycles. The lowest BCUT2D eigenvalue weighted by atomic mass is 10.2. The van der Waals surface area contributed by atoms with Crippen LogP contribution in [0.25, 0.3) is 0 Å². The smallest absolute Gasteiger partial charge is 0.308 e. The molecule has 1 rings (SSSR count). The molecule has 0 atom stereocenters. The summed E-state index contributed by atoms with van der Waals surface area (Å²) >= 11 is 5.26. The molecular formula is C8H7ClF4N2O. The highest BCUT2D eigenvalue weighted by atomic mass is 35.5. The van der Waals surface area contributed by atoms with Crippen molar-refractivity contribution in [2.24, 2.45) is 0 Å². The zero-order valence-electron chi connectivity index (χ0n) is 7.87. The molecule has 0 aromatic carbocycles. The average molecular weight is 259 g/mol. The van der Waals surface area contributed by atoms with Gasteiger partial charge in [0.15, 0.2) is 5.15 Å². The molecule has 3 nitrogen and oxygen atoms in total. The van der Waals surface area contributed by atoms with Gasteiger partial charge in [0.05, 0.1) is 0 Å². The minimum Gasteiger partial charge on any atom is -0.308 e. The number of nitrogens with zero attached hydrogens (tertiary/aromatic N) is 1. The third-order valence-electron chi connectivity index (χ3n) is 1.75. The Morgan fingerprint density at radius 1 is 1.38 bits per heavy atom. The van der Waals surface area contributed by atoms with Gasteiger partial charge in [-0.05, 0) is 6.42 Å². The van der Waals surface area contributed by atoms with Gasteiger partial charge >= 0.3 is 6.18 Å². The van der Waals surface area contributed by atoms with Crippen LogP contribution in [0.15, 0.2) is 4.79 Å². The predicted molar refractivity (Wildman–Crippen MR) is 48.8 cm³/mol. The minimum atomic E-state index is -4.26. The van der Waals surface area contributed by atoms with Gasteiger partial charge in [-0.15, -0.1) is 0 Å². The molecule has 1 N–H and O–H groups in total. The number of hydrogen-bond acceptors (Lipinski definition) is 2. The van der Waals surface area contributed by atoms with E-state index in [0.29, 0.717) is 0 Å². The van der Waals surface area contributed by atoms with E-state index in [2.05, 4.69) is 4.98 Å². The summed E-state index contributed by atoms with van der Waals surface area (Å²) in [5.41, 5.74) is -1.08. The zero-order valence-corrected chi connectivity index (χ0v) is 8.62.